The highest BCUT2D eigenvalue weighted by Gasteiger charge is 2.34. The number of benzene rings is 1. The number of alkyl halides is 3. The molecule has 1 aromatic carbocycles. The zero-order valence-electron chi connectivity index (χ0n) is 12.5. The van der Waals surface area contributed by atoms with Gasteiger partial charge in [-0.25, -0.2) is 5.10 Å². The molecule has 0 atom stereocenters. The van der Waals surface area contributed by atoms with E-state index in [-0.39, 0.29) is 28.5 Å². The number of nitrogens with zero attached hydrogens (tertiary/aromatic N) is 1. The second-order valence-corrected chi connectivity index (χ2v) is 5.63. The SMILES string of the molecule is CCOC(=O)CSc1ccc(-c2ccc(=O)[nH]n2)cc1C(F)(F)F. The number of halogens is 3. The molecule has 0 fully saturated rings. The van der Waals surface area contributed by atoms with Gasteiger partial charge < -0.3 is 4.74 Å². The van der Waals surface area contributed by atoms with Gasteiger partial charge in [-0.05, 0) is 25.1 Å². The zero-order chi connectivity index (χ0) is 17.7. The number of carbonyl (C=O) groups excluding carboxylic acids is 1. The van der Waals surface area contributed by atoms with E-state index in [4.69, 9.17) is 4.74 Å². The number of nitrogens with one attached hydrogen (secondary N) is 1. The predicted octanol–water partition coefficient (Wildman–Crippen LogP) is 3.11. The van der Waals surface area contributed by atoms with E-state index in [0.717, 1.165) is 17.8 Å². The zero-order valence-corrected chi connectivity index (χ0v) is 13.3. The number of hydrogen-bond acceptors (Lipinski definition) is 5. The molecule has 2 rings (SSSR count). The average Bonchev–Trinajstić information content (AvgIpc) is 2.53. The van der Waals surface area contributed by atoms with Gasteiger partial charge in [0, 0.05) is 16.5 Å². The molecule has 0 saturated carbocycles. The maximum atomic E-state index is 13.3. The fourth-order valence-electron chi connectivity index (χ4n) is 1.88. The summed E-state index contributed by atoms with van der Waals surface area (Å²) >= 11 is 0.756. The summed E-state index contributed by atoms with van der Waals surface area (Å²) < 4.78 is 44.5. The monoisotopic (exact) mass is 358 g/mol. The lowest BCUT2D eigenvalue weighted by molar-refractivity contribution is -0.141. The number of aromatic amines is 1. The van der Waals surface area contributed by atoms with E-state index >= 15 is 0 Å². The predicted molar refractivity (Wildman–Crippen MR) is 82.7 cm³/mol. The van der Waals surface area contributed by atoms with Crippen LogP contribution in [0.5, 0.6) is 0 Å². The van der Waals surface area contributed by atoms with Crippen molar-refractivity contribution >= 4 is 17.7 Å². The van der Waals surface area contributed by atoms with Gasteiger partial charge in [-0.2, -0.15) is 18.3 Å². The van der Waals surface area contributed by atoms with Crippen LogP contribution < -0.4 is 5.56 Å². The number of aromatic nitrogens is 2. The van der Waals surface area contributed by atoms with E-state index in [0.29, 0.717) is 0 Å². The van der Waals surface area contributed by atoms with Crippen LogP contribution in [0.4, 0.5) is 13.2 Å². The van der Waals surface area contributed by atoms with Gasteiger partial charge in [0.1, 0.15) is 0 Å². The third-order valence-corrected chi connectivity index (χ3v) is 3.96. The first-order valence-corrected chi connectivity index (χ1v) is 7.85. The summed E-state index contributed by atoms with van der Waals surface area (Å²) in [6.07, 6.45) is -4.59. The molecule has 9 heteroatoms. The fourth-order valence-corrected chi connectivity index (χ4v) is 2.73. The van der Waals surface area contributed by atoms with Crippen molar-refractivity contribution in [3.8, 4) is 11.3 Å². The molecule has 0 aliphatic carbocycles. The van der Waals surface area contributed by atoms with Crippen molar-refractivity contribution in [3.05, 3.63) is 46.2 Å². The first-order valence-electron chi connectivity index (χ1n) is 6.87. The molecule has 0 amide bonds. The Morgan fingerprint density at radius 2 is 2.04 bits per heavy atom. The minimum atomic E-state index is -4.59. The third-order valence-electron chi connectivity index (χ3n) is 2.91. The lowest BCUT2D eigenvalue weighted by Crippen LogP contribution is -2.10. The summed E-state index contributed by atoms with van der Waals surface area (Å²) in [5.74, 6) is -0.797. The number of thioether (sulfide) groups is 1. The van der Waals surface area contributed by atoms with Gasteiger partial charge in [0.15, 0.2) is 0 Å². The molecule has 128 valence electrons. The Morgan fingerprint density at radius 1 is 1.29 bits per heavy atom. The maximum Gasteiger partial charge on any atom is 0.417 e. The van der Waals surface area contributed by atoms with Crippen LogP contribution in [0.3, 0.4) is 0 Å². The molecule has 1 aromatic heterocycles. The molecule has 0 spiro atoms. The van der Waals surface area contributed by atoms with Gasteiger partial charge in [-0.3, -0.25) is 9.59 Å². The first kappa shape index (κ1) is 18.1. The van der Waals surface area contributed by atoms with E-state index in [1.807, 2.05) is 0 Å². The van der Waals surface area contributed by atoms with Crippen LogP contribution in [0, 0.1) is 0 Å². The third kappa shape index (κ3) is 4.60. The standard InChI is InChI=1S/C15H13F3N2O3S/c1-2-23-14(22)8-24-12-5-3-9(7-10(12)15(16,17)18)11-4-6-13(21)20-19-11/h3-7H,2,8H2,1H3,(H,20,21). The van der Waals surface area contributed by atoms with Gasteiger partial charge >= 0.3 is 12.1 Å². The Kier molecular flexibility index (Phi) is 5.66. The molecule has 24 heavy (non-hydrogen) atoms. The van der Waals surface area contributed by atoms with Crippen molar-refractivity contribution < 1.29 is 22.7 Å². The van der Waals surface area contributed by atoms with Crippen molar-refractivity contribution in [3.63, 3.8) is 0 Å². The Bertz CT molecular complexity index is 770. The first-order chi connectivity index (χ1) is 11.3. The van der Waals surface area contributed by atoms with Crippen molar-refractivity contribution in [2.75, 3.05) is 12.4 Å². The Labute approximate surface area is 139 Å². The molecule has 2 aromatic rings. The Balaban J connectivity index is 2.33. The molecular weight excluding hydrogens is 345 g/mol. The minimum Gasteiger partial charge on any atom is -0.465 e. The van der Waals surface area contributed by atoms with Gasteiger partial charge in [-0.15, -0.1) is 11.8 Å². The van der Waals surface area contributed by atoms with Gasteiger partial charge in [0.2, 0.25) is 0 Å². The molecular formula is C15H13F3N2O3S. The second kappa shape index (κ2) is 7.52. The molecule has 0 unspecified atom stereocenters. The highest BCUT2D eigenvalue weighted by molar-refractivity contribution is 8.00. The van der Waals surface area contributed by atoms with E-state index < -0.39 is 23.3 Å². The van der Waals surface area contributed by atoms with Crippen molar-refractivity contribution in [1.82, 2.24) is 10.2 Å². The summed E-state index contributed by atoms with van der Waals surface area (Å²) in [6, 6.07) is 6.17. The highest BCUT2D eigenvalue weighted by Crippen LogP contribution is 2.38. The molecule has 0 aliphatic heterocycles. The average molecular weight is 358 g/mol. The van der Waals surface area contributed by atoms with Crippen molar-refractivity contribution in [1.29, 1.82) is 0 Å². The largest absolute Gasteiger partial charge is 0.465 e. The maximum absolute atomic E-state index is 13.3. The van der Waals surface area contributed by atoms with Gasteiger partial charge in [0.25, 0.3) is 5.56 Å². The summed E-state index contributed by atoms with van der Waals surface area (Å²) in [6.45, 7) is 1.79. The molecule has 0 radical (unpaired) electrons. The van der Waals surface area contributed by atoms with Crippen LogP contribution in [0.2, 0.25) is 0 Å². The molecule has 0 saturated heterocycles. The van der Waals surface area contributed by atoms with Crippen LogP contribution in [0.25, 0.3) is 11.3 Å². The minimum absolute atomic E-state index is 0.0799. The van der Waals surface area contributed by atoms with Crippen LogP contribution in [-0.4, -0.2) is 28.5 Å². The van der Waals surface area contributed by atoms with Crippen LogP contribution in [0.1, 0.15) is 12.5 Å². The number of carbonyl (C=O) groups is 1. The molecule has 0 aliphatic rings. The number of hydrogen-bond donors (Lipinski definition) is 1. The topological polar surface area (TPSA) is 72.1 Å². The van der Waals surface area contributed by atoms with Gasteiger partial charge in [-0.1, -0.05) is 6.07 Å². The molecule has 1 N–H and O–H groups in total. The summed E-state index contributed by atoms with van der Waals surface area (Å²) in [4.78, 5) is 22.2. The van der Waals surface area contributed by atoms with E-state index in [2.05, 4.69) is 10.2 Å². The lowest BCUT2D eigenvalue weighted by atomic mass is 10.1. The van der Waals surface area contributed by atoms with Crippen molar-refractivity contribution in [2.45, 2.75) is 18.0 Å². The number of H-pyrrole nitrogens is 1. The van der Waals surface area contributed by atoms with Crippen LogP contribution >= 0.6 is 11.8 Å². The smallest absolute Gasteiger partial charge is 0.417 e. The highest BCUT2D eigenvalue weighted by atomic mass is 32.2. The quantitative estimate of drug-likeness (QED) is 0.657. The molecule has 5 nitrogen and oxygen atoms in total. The lowest BCUT2D eigenvalue weighted by Gasteiger charge is -2.14. The summed E-state index contributed by atoms with van der Waals surface area (Å²) in [5, 5.41) is 5.89. The number of ether oxygens (including phenoxy) is 1. The summed E-state index contributed by atoms with van der Waals surface area (Å²) in [5.41, 5.74) is -0.903. The number of esters is 1. The van der Waals surface area contributed by atoms with Crippen molar-refractivity contribution in [2.24, 2.45) is 0 Å². The van der Waals surface area contributed by atoms with Gasteiger partial charge in [0.05, 0.1) is 23.6 Å². The van der Waals surface area contributed by atoms with E-state index in [1.54, 1.807) is 6.92 Å². The molecule has 0 bridgehead atoms. The second-order valence-electron chi connectivity index (χ2n) is 4.61. The number of rotatable bonds is 5. The van der Waals surface area contributed by atoms with Crippen LogP contribution in [0.15, 0.2) is 40.0 Å². The van der Waals surface area contributed by atoms with E-state index in [9.17, 15) is 22.8 Å². The summed E-state index contributed by atoms with van der Waals surface area (Å²) in [7, 11) is 0. The van der Waals surface area contributed by atoms with Crippen LogP contribution in [-0.2, 0) is 15.7 Å². The van der Waals surface area contributed by atoms with E-state index in [1.165, 1.54) is 24.3 Å². The fraction of sp³-hybridized carbons (Fsp3) is 0.267. The Hall–Kier alpha value is -2.29. The normalized spacial score (nSPS) is 11.3. The Morgan fingerprint density at radius 3 is 2.62 bits per heavy atom. The molecule has 1 heterocycles.